The highest BCUT2D eigenvalue weighted by molar-refractivity contribution is 5.96. The molecule has 188 valence electrons. The standard InChI is InChI=1S/C25H32N4O6/c1-25(15-30,16-31)26-23(32)17-7-8-22(20(13-17)27-34-2)28-11-9-19(10-12-28)29-21-6-4-3-5-18(21)14-35-24(29)33/h3-8,13,19,27,30-31H,9-12,14-16H2,1-2H3,(H,26,32)/p+1. The van der Waals surface area contributed by atoms with Crippen LogP contribution in [0.15, 0.2) is 42.5 Å². The molecule has 0 radical (unpaired) electrons. The van der Waals surface area contributed by atoms with Gasteiger partial charge in [0.2, 0.25) is 0 Å². The van der Waals surface area contributed by atoms with Gasteiger partial charge in [-0.15, -0.1) is 0 Å². The summed E-state index contributed by atoms with van der Waals surface area (Å²) in [5, 5.41) is 21.6. The van der Waals surface area contributed by atoms with Gasteiger partial charge in [0.05, 0.1) is 31.5 Å². The van der Waals surface area contributed by atoms with E-state index in [9.17, 15) is 19.8 Å². The number of nitrogens with one attached hydrogen (secondary N) is 1. The molecule has 2 aliphatic rings. The summed E-state index contributed by atoms with van der Waals surface area (Å²) in [4.78, 5) is 34.6. The quantitative estimate of drug-likeness (QED) is 0.325. The molecule has 0 bridgehead atoms. The summed E-state index contributed by atoms with van der Waals surface area (Å²) >= 11 is 0. The SMILES string of the molecule is CO[NH2+]c1cc(C(=O)NC(C)(CO)CO)ccc1N1CCC(N2C(=O)OCc3ccccc32)CC1. The molecule has 0 aliphatic carbocycles. The van der Waals surface area contributed by atoms with Gasteiger partial charge in [-0.05, 0) is 38.0 Å². The Morgan fingerprint density at radius 3 is 2.57 bits per heavy atom. The number of amides is 2. The lowest BCUT2D eigenvalue weighted by atomic mass is 9.99. The second-order valence-electron chi connectivity index (χ2n) is 9.23. The van der Waals surface area contributed by atoms with Crippen molar-refractivity contribution < 1.29 is 34.9 Å². The molecule has 10 nitrogen and oxygen atoms in total. The number of carbonyl (C=O) groups is 2. The van der Waals surface area contributed by atoms with Gasteiger partial charge in [0, 0.05) is 36.3 Å². The lowest BCUT2D eigenvalue weighted by Gasteiger charge is -2.40. The van der Waals surface area contributed by atoms with Crippen LogP contribution in [0.2, 0.25) is 0 Å². The third kappa shape index (κ3) is 5.25. The van der Waals surface area contributed by atoms with E-state index in [1.54, 1.807) is 36.5 Å². The molecule has 10 heteroatoms. The van der Waals surface area contributed by atoms with Crippen molar-refractivity contribution in [1.29, 1.82) is 0 Å². The summed E-state index contributed by atoms with van der Waals surface area (Å²) in [6, 6.07) is 13.2. The molecule has 35 heavy (non-hydrogen) atoms. The van der Waals surface area contributed by atoms with Crippen LogP contribution in [-0.2, 0) is 16.2 Å². The van der Waals surface area contributed by atoms with Crippen LogP contribution in [0.5, 0.6) is 0 Å². The third-order valence-electron chi connectivity index (χ3n) is 6.62. The molecule has 5 N–H and O–H groups in total. The van der Waals surface area contributed by atoms with Crippen LogP contribution in [0.25, 0.3) is 0 Å². The second kappa shape index (κ2) is 10.6. The lowest BCUT2D eigenvalue weighted by molar-refractivity contribution is -0.829. The van der Waals surface area contributed by atoms with E-state index in [1.165, 1.54) is 0 Å². The molecule has 2 heterocycles. The molecule has 2 aromatic rings. The summed E-state index contributed by atoms with van der Waals surface area (Å²) in [5.74, 6) is -0.395. The Bertz CT molecular complexity index is 1070. The first-order chi connectivity index (χ1) is 16.9. The second-order valence-corrected chi connectivity index (χ2v) is 9.23. The molecular formula is C25H33N4O6+. The van der Waals surface area contributed by atoms with Crippen LogP contribution in [-0.4, -0.2) is 67.2 Å². The summed E-state index contributed by atoms with van der Waals surface area (Å²) in [6.07, 6.45) is 1.23. The molecule has 1 saturated heterocycles. The van der Waals surface area contributed by atoms with Crippen molar-refractivity contribution in [3.8, 4) is 0 Å². The van der Waals surface area contributed by atoms with Gasteiger partial charge in [0.25, 0.3) is 5.91 Å². The molecule has 0 aromatic heterocycles. The first-order valence-corrected chi connectivity index (χ1v) is 11.7. The van der Waals surface area contributed by atoms with Crippen LogP contribution in [0.4, 0.5) is 21.9 Å². The monoisotopic (exact) mass is 485 g/mol. The van der Waals surface area contributed by atoms with Crippen LogP contribution in [0.1, 0.15) is 35.7 Å². The number of fused-ring (bicyclic) bond motifs is 1. The molecule has 0 saturated carbocycles. The third-order valence-corrected chi connectivity index (χ3v) is 6.62. The van der Waals surface area contributed by atoms with Crippen molar-refractivity contribution in [1.82, 2.24) is 5.32 Å². The number of nitrogens with zero attached hydrogens (tertiary/aromatic N) is 2. The number of cyclic esters (lactones) is 1. The van der Waals surface area contributed by atoms with E-state index >= 15 is 0 Å². The number of quaternary nitrogens is 1. The molecule has 1 fully saturated rings. The predicted molar refractivity (Wildman–Crippen MR) is 129 cm³/mol. The fourth-order valence-electron chi connectivity index (χ4n) is 4.57. The summed E-state index contributed by atoms with van der Waals surface area (Å²) in [6.45, 7) is 2.56. The largest absolute Gasteiger partial charge is 0.444 e. The van der Waals surface area contributed by atoms with Crippen molar-refractivity contribution in [2.24, 2.45) is 0 Å². The van der Waals surface area contributed by atoms with Crippen LogP contribution in [0, 0.1) is 0 Å². The van der Waals surface area contributed by atoms with Crippen molar-refractivity contribution >= 4 is 29.1 Å². The molecule has 0 spiro atoms. The van der Waals surface area contributed by atoms with E-state index in [2.05, 4.69) is 10.2 Å². The van der Waals surface area contributed by atoms with Crippen LogP contribution >= 0.6 is 0 Å². The molecule has 4 rings (SSSR count). The molecule has 2 amide bonds. The molecule has 2 aliphatic heterocycles. The maximum absolute atomic E-state index is 12.7. The van der Waals surface area contributed by atoms with Crippen LogP contribution < -0.4 is 20.6 Å². The topological polar surface area (TPSA) is 128 Å². The van der Waals surface area contributed by atoms with Gasteiger partial charge in [0.1, 0.15) is 12.3 Å². The van der Waals surface area contributed by atoms with Crippen molar-refractivity contribution in [2.75, 3.05) is 43.2 Å². The van der Waals surface area contributed by atoms with E-state index in [4.69, 9.17) is 9.57 Å². The van der Waals surface area contributed by atoms with Gasteiger partial charge < -0.3 is 25.2 Å². The van der Waals surface area contributed by atoms with Gasteiger partial charge in [-0.1, -0.05) is 18.2 Å². The summed E-state index contributed by atoms with van der Waals surface area (Å²) in [5.41, 5.74) is 4.48. The van der Waals surface area contributed by atoms with E-state index < -0.39 is 11.4 Å². The average molecular weight is 486 g/mol. The lowest BCUT2D eigenvalue weighted by Crippen LogP contribution is -2.76. The first-order valence-electron chi connectivity index (χ1n) is 11.7. The van der Waals surface area contributed by atoms with Crippen molar-refractivity contribution in [3.05, 3.63) is 53.6 Å². The van der Waals surface area contributed by atoms with Crippen molar-refractivity contribution in [3.63, 3.8) is 0 Å². The fraction of sp³-hybridized carbons (Fsp3) is 0.440. The highest BCUT2D eigenvalue weighted by Crippen LogP contribution is 2.34. The van der Waals surface area contributed by atoms with Gasteiger partial charge in [-0.3, -0.25) is 9.69 Å². The van der Waals surface area contributed by atoms with E-state index in [1.807, 2.05) is 30.3 Å². The minimum atomic E-state index is -1.11. The Hall–Kier alpha value is -3.18. The highest BCUT2D eigenvalue weighted by atomic mass is 16.6. The molecule has 0 unspecified atom stereocenters. The number of nitrogens with two attached hydrogens (primary N) is 1. The fourth-order valence-corrected chi connectivity index (χ4v) is 4.57. The van der Waals surface area contributed by atoms with E-state index in [0.29, 0.717) is 12.2 Å². The minimum Gasteiger partial charge on any atom is -0.444 e. The zero-order valence-electron chi connectivity index (χ0n) is 20.1. The molecular weight excluding hydrogens is 452 g/mol. The Labute approximate surface area is 204 Å². The van der Waals surface area contributed by atoms with Crippen LogP contribution in [0.3, 0.4) is 0 Å². The number of carbonyl (C=O) groups excluding carboxylic acids is 2. The molecule has 2 aromatic carbocycles. The van der Waals surface area contributed by atoms with E-state index in [-0.39, 0.29) is 25.3 Å². The predicted octanol–water partition coefficient (Wildman–Crippen LogP) is 1.04. The smallest absolute Gasteiger partial charge is 0.414 e. The normalized spacial score (nSPS) is 16.6. The maximum Gasteiger partial charge on any atom is 0.414 e. The van der Waals surface area contributed by atoms with Gasteiger partial charge >= 0.3 is 6.09 Å². The maximum atomic E-state index is 12.7. The Morgan fingerprint density at radius 2 is 1.89 bits per heavy atom. The number of para-hydroxylation sites is 1. The number of aliphatic hydroxyl groups excluding tert-OH is 2. The Balaban J connectivity index is 1.49. The number of rotatable bonds is 8. The number of benzene rings is 2. The molecule has 0 atom stereocenters. The van der Waals surface area contributed by atoms with Gasteiger partial charge in [-0.2, -0.15) is 5.48 Å². The number of ether oxygens (including phenoxy) is 1. The number of anilines is 2. The minimum absolute atomic E-state index is 0.0368. The van der Waals surface area contributed by atoms with Gasteiger partial charge in [0.15, 0.2) is 5.69 Å². The number of hydrogen-bond acceptors (Lipinski definition) is 7. The number of aliphatic hydroxyl groups is 2. The first kappa shape index (κ1) is 24.9. The summed E-state index contributed by atoms with van der Waals surface area (Å²) in [7, 11) is 1.55. The Morgan fingerprint density at radius 1 is 1.17 bits per heavy atom. The summed E-state index contributed by atoms with van der Waals surface area (Å²) < 4.78 is 5.40. The van der Waals surface area contributed by atoms with Gasteiger partial charge in [-0.25, -0.2) is 9.63 Å². The Kier molecular flexibility index (Phi) is 7.56. The van der Waals surface area contributed by atoms with Crippen molar-refractivity contribution in [2.45, 2.75) is 38.0 Å². The van der Waals surface area contributed by atoms with E-state index in [0.717, 1.165) is 48.6 Å². The zero-order chi connectivity index (χ0) is 25.0. The highest BCUT2D eigenvalue weighted by Gasteiger charge is 2.35. The number of hydrogen-bond donors (Lipinski definition) is 4. The number of piperidine rings is 1. The zero-order valence-corrected chi connectivity index (χ0v) is 20.1. The average Bonchev–Trinajstić information content (AvgIpc) is 2.89.